The van der Waals surface area contributed by atoms with E-state index in [1.807, 2.05) is 0 Å². The highest BCUT2D eigenvalue weighted by molar-refractivity contribution is 6.80. The number of hydrogen-bond donors (Lipinski definition) is 0. The van der Waals surface area contributed by atoms with Crippen LogP contribution in [0.2, 0.25) is 11.6 Å². The molecule has 4 unspecified atom stereocenters. The summed E-state index contributed by atoms with van der Waals surface area (Å²) in [7, 11) is 0. The smallest absolute Gasteiger partial charge is 0.200 e. The van der Waals surface area contributed by atoms with Gasteiger partial charge in [0.05, 0.1) is 12.1 Å². The second-order valence-corrected chi connectivity index (χ2v) is 17.7. The molecule has 2 heterocycles. The van der Waals surface area contributed by atoms with E-state index in [2.05, 4.69) is 183 Å². The Morgan fingerprint density at radius 1 is 0.596 bits per heavy atom. The number of anilines is 3. The highest BCUT2D eigenvalue weighted by Crippen LogP contribution is 2.56. The zero-order valence-electron chi connectivity index (χ0n) is 30.5. The van der Waals surface area contributed by atoms with E-state index in [-0.39, 0.29) is 34.1 Å². The van der Waals surface area contributed by atoms with Crippen molar-refractivity contribution in [3.8, 4) is 0 Å². The van der Waals surface area contributed by atoms with Crippen LogP contribution in [0.1, 0.15) is 79.0 Å². The van der Waals surface area contributed by atoms with Gasteiger partial charge in [-0.25, -0.2) is 0 Å². The summed E-state index contributed by atoms with van der Waals surface area (Å²) in [4.78, 5) is 5.40. The summed E-state index contributed by atoms with van der Waals surface area (Å²) in [6, 6.07) is 26.3. The van der Waals surface area contributed by atoms with E-state index in [0.717, 1.165) is 0 Å². The highest BCUT2D eigenvalue weighted by Gasteiger charge is 2.57. The Hall–Kier alpha value is -3.72. The van der Waals surface area contributed by atoms with Crippen molar-refractivity contribution in [1.29, 1.82) is 0 Å². The molecule has 0 amide bonds. The molecule has 0 radical (unpaired) electrons. The molecule has 47 heavy (non-hydrogen) atoms. The molecule has 0 N–H and O–H groups in total. The van der Waals surface area contributed by atoms with Gasteiger partial charge < -0.3 is 9.80 Å². The van der Waals surface area contributed by atoms with Crippen LogP contribution in [0.3, 0.4) is 0 Å². The van der Waals surface area contributed by atoms with Gasteiger partial charge in [-0.05, 0) is 89.0 Å². The lowest BCUT2D eigenvalue weighted by Crippen LogP contribution is -2.64. The van der Waals surface area contributed by atoms with Crippen molar-refractivity contribution >= 4 is 29.2 Å². The minimum atomic E-state index is 0.0142. The topological polar surface area (TPSA) is 6.48 Å². The second-order valence-electron chi connectivity index (χ2n) is 17.7. The molecule has 0 spiro atoms. The van der Waals surface area contributed by atoms with Crippen molar-refractivity contribution < 1.29 is 0 Å². The summed E-state index contributed by atoms with van der Waals surface area (Å²) in [6.45, 7) is 26.0. The molecule has 3 heteroatoms. The van der Waals surface area contributed by atoms with Gasteiger partial charge in [0.15, 0.2) is 0 Å². The normalized spacial score (nSPS) is 23.8. The lowest BCUT2D eigenvalue weighted by Gasteiger charge is -2.58. The average molecular weight is 621 g/mol. The van der Waals surface area contributed by atoms with Crippen molar-refractivity contribution in [3.63, 3.8) is 0 Å². The van der Waals surface area contributed by atoms with Crippen LogP contribution < -0.4 is 15.3 Å². The molecule has 1 fully saturated rings. The Morgan fingerprint density at radius 3 is 1.72 bits per heavy atom. The predicted molar refractivity (Wildman–Crippen MR) is 205 cm³/mol. The minimum absolute atomic E-state index is 0.0142. The first-order valence-corrected chi connectivity index (χ1v) is 17.7. The van der Waals surface area contributed by atoms with Gasteiger partial charge >= 0.3 is 0 Å². The number of allylic oxidation sites excluding steroid dienone is 4. The SMILES string of the molecule is Cc1ccc(N2C3=CC(C(C)(C)C)=CC4C3B(c3cc(C(C)(C)C)ccc3N4c3ccc(C)cc3)C3C=C(C(C)(C)C)C=CC32)cc1. The van der Waals surface area contributed by atoms with E-state index in [1.54, 1.807) is 0 Å². The molecule has 2 nitrogen and oxygen atoms in total. The van der Waals surface area contributed by atoms with E-state index < -0.39 is 0 Å². The van der Waals surface area contributed by atoms with Crippen molar-refractivity contribution in [2.75, 3.05) is 9.80 Å². The minimum Gasteiger partial charge on any atom is -0.339 e. The maximum Gasteiger partial charge on any atom is 0.200 e. The van der Waals surface area contributed by atoms with Gasteiger partial charge in [-0.1, -0.05) is 140 Å². The molecular weight excluding hydrogens is 567 g/mol. The van der Waals surface area contributed by atoms with Crippen molar-refractivity contribution in [1.82, 2.24) is 0 Å². The standard InChI is InChI=1S/C44H53BN2/c1-28-12-18-33(19-13-28)46-37-22-16-30(42(3,4)5)24-35(37)45-36-25-31(43(6,7)8)17-23-38(36)47(34-20-14-29(2)15-21-34)40-27-32(44(9,10)11)26-39(46)41(40)45/h12-27,35,37,40-41H,1-11H3. The Morgan fingerprint density at radius 2 is 1.17 bits per heavy atom. The largest absolute Gasteiger partial charge is 0.339 e. The van der Waals surface area contributed by atoms with Gasteiger partial charge in [-0.3, -0.25) is 0 Å². The molecule has 4 aliphatic rings. The fourth-order valence-corrected chi connectivity index (χ4v) is 8.38. The monoisotopic (exact) mass is 620 g/mol. The first kappa shape index (κ1) is 31.9. The second kappa shape index (κ2) is 10.9. The number of rotatable bonds is 2. The van der Waals surface area contributed by atoms with Gasteiger partial charge in [-0.15, -0.1) is 0 Å². The predicted octanol–water partition coefficient (Wildman–Crippen LogP) is 10.9. The number of fused-ring (bicyclic) bond motifs is 4. The summed E-state index contributed by atoms with van der Waals surface area (Å²) in [5.41, 5.74) is 13.9. The molecule has 7 rings (SSSR count). The molecule has 4 atom stereocenters. The van der Waals surface area contributed by atoms with Crippen molar-refractivity contribution in [2.45, 2.75) is 105 Å². The highest BCUT2D eigenvalue weighted by atomic mass is 15.2. The number of benzene rings is 3. The lowest BCUT2D eigenvalue weighted by atomic mass is 9.24. The Bertz CT molecular complexity index is 1820. The fraction of sp³-hybridized carbons (Fsp3) is 0.409. The van der Waals surface area contributed by atoms with Crippen LogP contribution in [0.25, 0.3) is 0 Å². The molecule has 3 aromatic carbocycles. The third kappa shape index (κ3) is 5.44. The summed E-state index contributed by atoms with van der Waals surface area (Å²) in [5, 5.41) is 0. The third-order valence-corrected chi connectivity index (χ3v) is 11.1. The summed E-state index contributed by atoms with van der Waals surface area (Å²) >= 11 is 0. The Kier molecular flexibility index (Phi) is 7.39. The van der Waals surface area contributed by atoms with E-state index >= 15 is 0 Å². The quantitative estimate of drug-likeness (QED) is 0.263. The van der Waals surface area contributed by atoms with Crippen molar-refractivity contribution in [3.05, 3.63) is 131 Å². The number of nitrogens with zero attached hydrogens (tertiary/aromatic N) is 2. The van der Waals surface area contributed by atoms with E-state index in [9.17, 15) is 0 Å². The first-order chi connectivity index (χ1) is 22.0. The maximum atomic E-state index is 2.72. The number of aryl methyl sites for hydroxylation is 2. The van der Waals surface area contributed by atoms with Gasteiger partial charge in [0.25, 0.3) is 0 Å². The summed E-state index contributed by atoms with van der Waals surface area (Å²) in [6.07, 6.45) is 12.8. The van der Waals surface area contributed by atoms with Crippen LogP contribution in [0.15, 0.2) is 114 Å². The van der Waals surface area contributed by atoms with Gasteiger partial charge in [0, 0.05) is 28.6 Å². The van der Waals surface area contributed by atoms with Crippen LogP contribution in [-0.4, -0.2) is 18.8 Å². The Balaban J connectivity index is 1.56. The van der Waals surface area contributed by atoms with Gasteiger partial charge in [0.1, 0.15) is 0 Å². The van der Waals surface area contributed by atoms with Gasteiger partial charge in [0.2, 0.25) is 6.71 Å². The molecule has 2 aliphatic heterocycles. The van der Waals surface area contributed by atoms with Crippen LogP contribution in [-0.2, 0) is 5.41 Å². The lowest BCUT2D eigenvalue weighted by molar-refractivity contribution is 0.494. The average Bonchev–Trinajstić information content (AvgIpc) is 3.00. The Labute approximate surface area is 285 Å². The van der Waals surface area contributed by atoms with E-state index in [0.29, 0.717) is 12.5 Å². The molecule has 0 aromatic heterocycles. The van der Waals surface area contributed by atoms with Crippen LogP contribution in [0.4, 0.5) is 17.1 Å². The van der Waals surface area contributed by atoms with Crippen LogP contribution >= 0.6 is 0 Å². The molecular formula is C44H53BN2. The fourth-order valence-electron chi connectivity index (χ4n) is 8.38. The van der Waals surface area contributed by atoms with E-state index in [1.165, 1.54) is 56.1 Å². The molecule has 1 saturated heterocycles. The molecule has 0 bridgehead atoms. The number of hydrogen-bond acceptors (Lipinski definition) is 2. The molecule has 242 valence electrons. The summed E-state index contributed by atoms with van der Waals surface area (Å²) in [5.74, 6) is 0.621. The molecule has 2 aliphatic carbocycles. The van der Waals surface area contributed by atoms with E-state index in [4.69, 9.17) is 0 Å². The van der Waals surface area contributed by atoms with Crippen LogP contribution in [0, 0.1) is 24.7 Å². The van der Waals surface area contributed by atoms with Gasteiger partial charge in [-0.2, -0.15) is 0 Å². The third-order valence-electron chi connectivity index (χ3n) is 11.1. The summed E-state index contributed by atoms with van der Waals surface area (Å²) < 4.78 is 0. The van der Waals surface area contributed by atoms with Crippen LogP contribution in [0.5, 0.6) is 0 Å². The first-order valence-electron chi connectivity index (χ1n) is 17.7. The molecule has 0 saturated carbocycles. The molecule has 3 aromatic rings. The van der Waals surface area contributed by atoms with Crippen molar-refractivity contribution in [2.24, 2.45) is 10.8 Å². The zero-order chi connectivity index (χ0) is 33.6. The maximum absolute atomic E-state index is 2.72. The zero-order valence-corrected chi connectivity index (χ0v) is 30.5.